The molecular formula is C53H64N10O10S4. The van der Waals surface area contributed by atoms with Gasteiger partial charge in [0.1, 0.15) is 35.8 Å². The highest BCUT2D eigenvalue weighted by Gasteiger charge is 2.44. The van der Waals surface area contributed by atoms with Crippen molar-refractivity contribution < 1.29 is 45.5 Å². The number of methoxy groups -OCH3 is 2. The fraction of sp³-hybridized carbons (Fsp3) is 0.434. The van der Waals surface area contributed by atoms with Crippen molar-refractivity contribution in [3.05, 3.63) is 107 Å². The number of rotatable bonds is 16. The summed E-state index contributed by atoms with van der Waals surface area (Å²) in [6, 6.07) is 22.1. The van der Waals surface area contributed by atoms with Crippen LogP contribution in [0.25, 0.3) is 44.3 Å². The molecule has 2 saturated heterocycles. The molecule has 6 aliphatic rings. The molecule has 4 aromatic carbocycles. The summed E-state index contributed by atoms with van der Waals surface area (Å²) in [6.45, 7) is 1.81. The van der Waals surface area contributed by atoms with Crippen LogP contribution in [-0.4, -0.2) is 168 Å². The largest absolute Gasteiger partial charge is 0.453 e. The molecule has 4 amide bonds. The van der Waals surface area contributed by atoms with Crippen LogP contribution in [0.4, 0.5) is 9.59 Å². The highest BCUT2D eigenvalue weighted by molar-refractivity contribution is 7.98. The van der Waals surface area contributed by atoms with Crippen molar-refractivity contribution in [2.24, 2.45) is 0 Å². The summed E-state index contributed by atoms with van der Waals surface area (Å²) in [5, 5.41) is 5.28. The van der Waals surface area contributed by atoms with Crippen molar-refractivity contribution in [3.63, 3.8) is 0 Å². The number of amides is 4. The fourth-order valence-corrected chi connectivity index (χ4v) is 12.9. The maximum atomic E-state index is 14.2. The molecule has 5 atom stereocenters. The first kappa shape index (κ1) is 55.6. The van der Waals surface area contributed by atoms with Gasteiger partial charge < -0.3 is 39.9 Å². The topological polar surface area (TPSA) is 249 Å². The quantitative estimate of drug-likeness (QED) is 0.0822. The van der Waals surface area contributed by atoms with Crippen LogP contribution in [-0.2, 0) is 58.4 Å². The molecule has 6 aromatic rings. The number of aromatic amines is 2. The smallest absolute Gasteiger partial charge is 0.407 e. The maximum absolute atomic E-state index is 14.2. The molecule has 0 saturated carbocycles. The molecule has 24 heteroatoms. The van der Waals surface area contributed by atoms with Gasteiger partial charge in [0.05, 0.1) is 62.1 Å². The van der Waals surface area contributed by atoms with Gasteiger partial charge in [-0.15, -0.1) is 0 Å². The van der Waals surface area contributed by atoms with Gasteiger partial charge in [-0.2, -0.15) is 32.1 Å². The second-order valence-electron chi connectivity index (χ2n) is 19.9. The number of imidazole rings is 2. The van der Waals surface area contributed by atoms with E-state index in [9.17, 15) is 36.0 Å². The Hall–Kier alpha value is -6.18. The van der Waals surface area contributed by atoms with Gasteiger partial charge in [0, 0.05) is 13.1 Å². The Balaban J connectivity index is 0.984. The van der Waals surface area contributed by atoms with Crippen LogP contribution in [0.3, 0.4) is 0 Å². The zero-order chi connectivity index (χ0) is 54.9. The number of thioether (sulfide) groups is 2. The zero-order valence-electron chi connectivity index (χ0n) is 44.0. The number of aryl methyl sites for hydroxylation is 2. The number of carbonyl (C=O) groups excluding carboxylic acids is 4. The summed E-state index contributed by atoms with van der Waals surface area (Å²) in [5.74, 6) is 1.26. The molecular weight excluding hydrogens is 1060 g/mol. The Morgan fingerprint density at radius 2 is 1.14 bits per heavy atom. The predicted octanol–water partition coefficient (Wildman–Crippen LogP) is 6.38. The molecule has 2 fully saturated rings. The third-order valence-electron chi connectivity index (χ3n) is 14.7. The second kappa shape index (κ2) is 23.0. The molecule has 0 radical (unpaired) electrons. The lowest BCUT2D eigenvalue weighted by molar-refractivity contribution is -0.135. The van der Waals surface area contributed by atoms with Gasteiger partial charge in [-0.25, -0.2) is 36.4 Å². The molecule has 0 spiro atoms. The van der Waals surface area contributed by atoms with Gasteiger partial charge in [0.15, 0.2) is 0 Å². The van der Waals surface area contributed by atoms with E-state index < -0.39 is 68.2 Å². The maximum Gasteiger partial charge on any atom is 0.407 e. The number of H-pyrrole nitrogens is 2. The number of aromatic nitrogens is 4. The summed E-state index contributed by atoms with van der Waals surface area (Å²) in [6.07, 6.45) is 7.36. The van der Waals surface area contributed by atoms with E-state index in [2.05, 4.69) is 76.1 Å². The highest BCUT2D eigenvalue weighted by Crippen LogP contribution is 2.38. The normalized spacial score (nSPS) is 19.1. The van der Waals surface area contributed by atoms with Crippen molar-refractivity contribution in [2.45, 2.75) is 69.1 Å². The first-order chi connectivity index (χ1) is 36.8. The molecule has 77 heavy (non-hydrogen) atoms. The summed E-state index contributed by atoms with van der Waals surface area (Å²) in [4.78, 5) is 72.6. The van der Waals surface area contributed by atoms with Crippen LogP contribution >= 0.6 is 23.5 Å². The average molecular weight is 1130 g/mol. The molecule has 2 aromatic heterocycles. The number of benzene rings is 4. The van der Waals surface area contributed by atoms with E-state index in [1.807, 2.05) is 36.8 Å². The SMILES string of the molecule is COC(=O)N[C@@H](CCSC)C(=O)N1CN(S(C)(=O)=O)C[C@H]1c1nc2cc(-c3cc4ccc3CCc3ccc(c(-c5ccc6[nH]c([C@@H]7CN(S(C)(=O)=O)CN7C(=O)[C@H](CCSC)NC(=O)OC)nc6c5)c3)C[C@H]4C)ccc2[nH]1. The molecule has 4 bridgehead atoms. The summed E-state index contributed by atoms with van der Waals surface area (Å²) in [7, 11) is -4.94. The van der Waals surface area contributed by atoms with Crippen molar-refractivity contribution in [3.8, 4) is 22.3 Å². The monoisotopic (exact) mass is 1130 g/mol. The van der Waals surface area contributed by atoms with Crippen LogP contribution in [0.5, 0.6) is 0 Å². The number of nitrogens with one attached hydrogen (secondary N) is 4. The van der Waals surface area contributed by atoms with Crippen LogP contribution < -0.4 is 10.6 Å². The molecule has 2 aliphatic heterocycles. The lowest BCUT2D eigenvalue weighted by atomic mass is 9.84. The number of alkyl carbamates (subject to hydrolysis) is 2. The van der Waals surface area contributed by atoms with Crippen LogP contribution in [0, 0.1) is 0 Å². The number of ether oxygens (including phenoxy) is 2. The molecule has 4 heterocycles. The molecule has 410 valence electrons. The van der Waals surface area contributed by atoms with Crippen molar-refractivity contribution in [1.29, 1.82) is 0 Å². The Kier molecular flexibility index (Phi) is 16.6. The van der Waals surface area contributed by atoms with Crippen LogP contribution in [0.2, 0.25) is 0 Å². The van der Waals surface area contributed by atoms with Crippen molar-refractivity contribution in [2.75, 3.05) is 77.2 Å². The zero-order valence-corrected chi connectivity index (χ0v) is 47.3. The Morgan fingerprint density at radius 1 is 0.662 bits per heavy atom. The Morgan fingerprint density at radius 3 is 1.61 bits per heavy atom. The van der Waals surface area contributed by atoms with E-state index in [1.165, 1.54) is 56.2 Å². The van der Waals surface area contributed by atoms with Crippen LogP contribution in [0.1, 0.15) is 71.7 Å². The van der Waals surface area contributed by atoms with Gasteiger partial charge in [0.25, 0.3) is 0 Å². The third kappa shape index (κ3) is 12.1. The summed E-state index contributed by atoms with van der Waals surface area (Å²) < 4.78 is 63.6. The standard InChI is InChI=1S/C53H64N10O10S4/c1-31-22-35-11-9-32(23-38(35)36-14-16-40-44(25-36)56-48(54-40)46-27-60(76(6,68)69)29-62(46)50(64)42(18-20-74-4)58-52(66)72-2)8-10-33-12-13-34(31)24-39(33)37-15-17-41-45(26-37)57-49(55-41)47-28-61(77(7,70)71)30-63(47)51(65)43(19-21-75-5)59-53(67)73-3/h9,11-17,23-26,31,42-43,46-47H,8,10,18-22,27-30H2,1-7H3,(H,54,56)(H,55,57)(H,58,66)(H,59,67)/t31-,42+,43+,46+,47+/m1/s1. The molecule has 4 N–H and O–H groups in total. The number of hydrogen-bond acceptors (Lipinski definition) is 14. The van der Waals surface area contributed by atoms with Gasteiger partial charge >= 0.3 is 12.2 Å². The molecule has 4 aliphatic carbocycles. The number of fused-ring (bicyclic) bond motifs is 2. The van der Waals surface area contributed by atoms with E-state index in [4.69, 9.17) is 19.4 Å². The number of carbonyl (C=O) groups is 4. The van der Waals surface area contributed by atoms with E-state index in [0.29, 0.717) is 47.0 Å². The number of nitrogens with zero attached hydrogens (tertiary/aromatic N) is 6. The summed E-state index contributed by atoms with van der Waals surface area (Å²) >= 11 is 3.05. The third-order valence-corrected chi connectivity index (χ3v) is 18.4. The number of sulfonamides is 2. The lowest BCUT2D eigenvalue weighted by Gasteiger charge is -2.27. The lowest BCUT2D eigenvalue weighted by Crippen LogP contribution is -2.49. The molecule has 0 unspecified atom stereocenters. The molecule has 12 rings (SSSR count). The average Bonchev–Trinajstić information content (AvgIpc) is 4.25. The van der Waals surface area contributed by atoms with E-state index in [0.717, 1.165) is 87.3 Å². The van der Waals surface area contributed by atoms with Gasteiger partial charge in [-0.1, -0.05) is 55.5 Å². The Labute approximate surface area is 456 Å². The summed E-state index contributed by atoms with van der Waals surface area (Å²) in [5.41, 5.74) is 11.5. The Bertz CT molecular complexity index is 3460. The van der Waals surface area contributed by atoms with Crippen molar-refractivity contribution >= 4 is 89.6 Å². The van der Waals surface area contributed by atoms with Crippen LogP contribution in [0.15, 0.2) is 72.8 Å². The highest BCUT2D eigenvalue weighted by atomic mass is 32.2. The van der Waals surface area contributed by atoms with Gasteiger partial charge in [0.2, 0.25) is 31.9 Å². The van der Waals surface area contributed by atoms with Crippen molar-refractivity contribution in [1.82, 2.24) is 49.0 Å². The molecule has 20 nitrogen and oxygen atoms in total. The fourth-order valence-electron chi connectivity index (χ4n) is 10.5. The van der Waals surface area contributed by atoms with E-state index in [1.54, 1.807) is 0 Å². The predicted molar refractivity (Wildman–Crippen MR) is 299 cm³/mol. The first-order valence-corrected chi connectivity index (χ1v) is 31.7. The van der Waals surface area contributed by atoms with Gasteiger partial charge in [-0.05, 0) is 131 Å². The minimum atomic E-state index is -3.69. The minimum Gasteiger partial charge on any atom is -0.453 e. The van der Waals surface area contributed by atoms with Gasteiger partial charge in [-0.3, -0.25) is 9.59 Å². The minimum absolute atomic E-state index is 0.00850. The van der Waals surface area contributed by atoms with E-state index in [-0.39, 0.29) is 32.3 Å². The number of hydrogen-bond donors (Lipinski definition) is 4. The second-order valence-corrected chi connectivity index (χ2v) is 25.8. The first-order valence-electron chi connectivity index (χ1n) is 25.2. The van der Waals surface area contributed by atoms with E-state index >= 15 is 0 Å².